The van der Waals surface area contributed by atoms with Crippen molar-refractivity contribution >= 4 is 0 Å². The van der Waals surface area contributed by atoms with Crippen molar-refractivity contribution in [3.8, 4) is 0 Å². The number of halogens is 6. The summed E-state index contributed by atoms with van der Waals surface area (Å²) in [5, 5.41) is 2.66. The lowest BCUT2D eigenvalue weighted by Gasteiger charge is -2.41. The van der Waals surface area contributed by atoms with E-state index in [1.807, 2.05) is 0 Å². The van der Waals surface area contributed by atoms with Crippen LogP contribution < -0.4 is 11.1 Å². The predicted molar refractivity (Wildman–Crippen MR) is 55.2 cm³/mol. The molecule has 1 fully saturated rings. The summed E-state index contributed by atoms with van der Waals surface area (Å²) in [6.45, 7) is 0.0226. The summed E-state index contributed by atoms with van der Waals surface area (Å²) in [5.41, 5.74) is 1.52. The maximum Gasteiger partial charge on any atom is 0.416 e. The molecule has 0 atom stereocenters. The number of hydrogen-bond donors (Lipinski definition) is 2. The zero-order chi connectivity index (χ0) is 14.5. The average molecular weight is 284 g/mol. The molecule has 8 heteroatoms. The van der Waals surface area contributed by atoms with Gasteiger partial charge in [-0.2, -0.15) is 26.3 Å². The monoisotopic (exact) mass is 284 g/mol. The normalized spacial score (nSPS) is 19.1. The molecule has 2 nitrogen and oxygen atoms in total. The van der Waals surface area contributed by atoms with E-state index in [0.717, 1.165) is 0 Å². The molecule has 0 aromatic heterocycles. The summed E-state index contributed by atoms with van der Waals surface area (Å²) in [4.78, 5) is 0. The smallest absolute Gasteiger partial charge is 0.319 e. The second-order valence-electron chi connectivity index (χ2n) is 4.52. The Hall–Kier alpha value is -1.28. The second-order valence-corrected chi connectivity index (χ2v) is 4.52. The van der Waals surface area contributed by atoms with Crippen molar-refractivity contribution in [1.82, 2.24) is 5.32 Å². The SMILES string of the molecule is NC1(c2cc(C(F)(F)F)ccc2C(F)(F)F)CNC1. The van der Waals surface area contributed by atoms with Crippen LogP contribution in [0.4, 0.5) is 26.3 Å². The van der Waals surface area contributed by atoms with Crippen LogP contribution in [0.1, 0.15) is 16.7 Å². The molecule has 1 heterocycles. The Morgan fingerprint density at radius 3 is 1.95 bits per heavy atom. The molecule has 106 valence electrons. The van der Waals surface area contributed by atoms with Gasteiger partial charge in [0, 0.05) is 13.1 Å². The van der Waals surface area contributed by atoms with E-state index in [2.05, 4.69) is 5.32 Å². The fraction of sp³-hybridized carbons (Fsp3) is 0.455. The molecule has 1 aliphatic rings. The standard InChI is InChI=1S/C11H10F6N2/c12-10(13,14)6-1-2-7(11(15,16)17)8(3-6)9(18)4-19-5-9/h1-3,19H,4-5,18H2. The lowest BCUT2D eigenvalue weighted by Crippen LogP contribution is -2.63. The average Bonchev–Trinajstić information content (AvgIpc) is 2.22. The van der Waals surface area contributed by atoms with Crippen molar-refractivity contribution in [2.75, 3.05) is 13.1 Å². The molecular formula is C11H10F6N2. The third-order valence-corrected chi connectivity index (χ3v) is 3.07. The second kappa shape index (κ2) is 4.11. The minimum atomic E-state index is -4.73. The molecule has 0 unspecified atom stereocenters. The van der Waals surface area contributed by atoms with Gasteiger partial charge in [-0.15, -0.1) is 0 Å². The van der Waals surface area contributed by atoms with E-state index in [-0.39, 0.29) is 13.1 Å². The van der Waals surface area contributed by atoms with Crippen molar-refractivity contribution in [1.29, 1.82) is 0 Å². The van der Waals surface area contributed by atoms with E-state index >= 15 is 0 Å². The maximum atomic E-state index is 12.8. The lowest BCUT2D eigenvalue weighted by molar-refractivity contribution is -0.142. The van der Waals surface area contributed by atoms with Crippen LogP contribution in [0, 0.1) is 0 Å². The summed E-state index contributed by atoms with van der Waals surface area (Å²) in [6, 6.07) is 1.34. The van der Waals surface area contributed by atoms with Gasteiger partial charge in [0.05, 0.1) is 16.7 Å². The Morgan fingerprint density at radius 1 is 1.00 bits per heavy atom. The van der Waals surface area contributed by atoms with Crippen LogP contribution in [0.2, 0.25) is 0 Å². The molecule has 1 saturated heterocycles. The molecule has 0 bridgehead atoms. The summed E-state index contributed by atoms with van der Waals surface area (Å²) < 4.78 is 76.1. The molecule has 1 aromatic carbocycles. The molecule has 2 rings (SSSR count). The first kappa shape index (κ1) is 14.1. The molecule has 3 N–H and O–H groups in total. The van der Waals surface area contributed by atoms with Gasteiger partial charge >= 0.3 is 12.4 Å². The molecular weight excluding hydrogens is 274 g/mol. The molecule has 0 radical (unpaired) electrons. The van der Waals surface area contributed by atoms with E-state index < -0.39 is 34.6 Å². The van der Waals surface area contributed by atoms with Crippen LogP contribution in [0.5, 0.6) is 0 Å². The Balaban J connectivity index is 2.58. The Bertz CT molecular complexity index is 487. The number of hydrogen-bond acceptors (Lipinski definition) is 2. The Kier molecular flexibility index (Phi) is 3.06. The molecule has 0 saturated carbocycles. The Labute approximate surface area is 104 Å². The van der Waals surface area contributed by atoms with Gasteiger partial charge < -0.3 is 11.1 Å². The highest BCUT2D eigenvalue weighted by Gasteiger charge is 2.44. The van der Waals surface area contributed by atoms with E-state index in [1.54, 1.807) is 0 Å². The molecule has 0 amide bonds. The van der Waals surface area contributed by atoms with Crippen LogP contribution >= 0.6 is 0 Å². The highest BCUT2D eigenvalue weighted by Crippen LogP contribution is 2.40. The minimum absolute atomic E-state index is 0.0113. The number of nitrogens with two attached hydrogens (primary N) is 1. The molecule has 1 aromatic rings. The first-order valence-electron chi connectivity index (χ1n) is 5.32. The number of rotatable bonds is 1. The van der Waals surface area contributed by atoms with Gasteiger partial charge in [-0.05, 0) is 23.8 Å². The van der Waals surface area contributed by atoms with Gasteiger partial charge in [-0.1, -0.05) is 0 Å². The van der Waals surface area contributed by atoms with Gasteiger partial charge in [0.25, 0.3) is 0 Å². The zero-order valence-corrected chi connectivity index (χ0v) is 9.49. The lowest BCUT2D eigenvalue weighted by atomic mass is 9.81. The van der Waals surface area contributed by atoms with Crippen LogP contribution in [0.3, 0.4) is 0 Å². The van der Waals surface area contributed by atoms with Crippen molar-refractivity contribution in [2.45, 2.75) is 17.9 Å². The van der Waals surface area contributed by atoms with Crippen molar-refractivity contribution in [3.05, 3.63) is 34.9 Å². The topological polar surface area (TPSA) is 38.0 Å². The first-order valence-corrected chi connectivity index (χ1v) is 5.32. The van der Waals surface area contributed by atoms with Crippen molar-refractivity contribution < 1.29 is 26.3 Å². The first-order chi connectivity index (χ1) is 8.54. The Morgan fingerprint density at radius 2 is 1.58 bits per heavy atom. The minimum Gasteiger partial charge on any atom is -0.319 e. The van der Waals surface area contributed by atoms with Crippen LogP contribution in [-0.4, -0.2) is 13.1 Å². The van der Waals surface area contributed by atoms with Crippen molar-refractivity contribution in [2.24, 2.45) is 5.73 Å². The summed E-state index contributed by atoms with van der Waals surface area (Å²) >= 11 is 0. The van der Waals surface area contributed by atoms with Gasteiger partial charge in [0.2, 0.25) is 0 Å². The van der Waals surface area contributed by atoms with Crippen LogP contribution in [0.25, 0.3) is 0 Å². The quantitative estimate of drug-likeness (QED) is 0.778. The fourth-order valence-corrected chi connectivity index (χ4v) is 1.96. The zero-order valence-electron chi connectivity index (χ0n) is 9.49. The van der Waals surface area contributed by atoms with E-state index in [1.165, 1.54) is 0 Å². The predicted octanol–water partition coefficient (Wildman–Crippen LogP) is 2.48. The van der Waals surface area contributed by atoms with Gasteiger partial charge in [-0.3, -0.25) is 0 Å². The largest absolute Gasteiger partial charge is 0.416 e. The molecule has 19 heavy (non-hydrogen) atoms. The number of nitrogens with one attached hydrogen (secondary N) is 1. The highest BCUT2D eigenvalue weighted by molar-refractivity contribution is 5.42. The van der Waals surface area contributed by atoms with Crippen LogP contribution in [-0.2, 0) is 17.9 Å². The highest BCUT2D eigenvalue weighted by atomic mass is 19.4. The van der Waals surface area contributed by atoms with Crippen molar-refractivity contribution in [3.63, 3.8) is 0 Å². The number of alkyl halides is 6. The van der Waals surface area contributed by atoms with E-state index in [9.17, 15) is 26.3 Å². The summed E-state index contributed by atoms with van der Waals surface area (Å²) in [7, 11) is 0. The van der Waals surface area contributed by atoms with Gasteiger partial charge in [0.1, 0.15) is 0 Å². The third kappa shape index (κ3) is 2.55. The fourth-order valence-electron chi connectivity index (χ4n) is 1.96. The van der Waals surface area contributed by atoms with E-state index in [4.69, 9.17) is 5.73 Å². The van der Waals surface area contributed by atoms with E-state index in [0.29, 0.717) is 18.2 Å². The third-order valence-electron chi connectivity index (χ3n) is 3.07. The summed E-state index contributed by atoms with van der Waals surface area (Å²) in [6.07, 6.45) is -9.44. The summed E-state index contributed by atoms with van der Waals surface area (Å²) in [5.74, 6) is 0. The molecule has 0 spiro atoms. The number of benzene rings is 1. The molecule has 1 aliphatic heterocycles. The van der Waals surface area contributed by atoms with Gasteiger partial charge in [-0.25, -0.2) is 0 Å². The van der Waals surface area contributed by atoms with Gasteiger partial charge in [0.15, 0.2) is 0 Å². The molecule has 0 aliphatic carbocycles. The van der Waals surface area contributed by atoms with Crippen LogP contribution in [0.15, 0.2) is 18.2 Å². The maximum absolute atomic E-state index is 12.8.